The van der Waals surface area contributed by atoms with Gasteiger partial charge in [-0.25, -0.2) is 0 Å². The van der Waals surface area contributed by atoms with Gasteiger partial charge in [0.15, 0.2) is 4.90 Å². The average Bonchev–Trinajstić information content (AvgIpc) is 2.05. The third-order valence-electron chi connectivity index (χ3n) is 1.61. The lowest BCUT2D eigenvalue weighted by molar-refractivity contribution is 0.600. The van der Waals surface area contributed by atoms with E-state index in [1.807, 2.05) is 31.3 Å². The monoisotopic (exact) mass is 183 g/mol. The van der Waals surface area contributed by atoms with Gasteiger partial charge in [-0.2, -0.15) is 0 Å². The second-order valence-corrected chi connectivity index (χ2v) is 4.01. The fourth-order valence-electron chi connectivity index (χ4n) is 1.04. The second-order valence-electron chi connectivity index (χ2n) is 2.63. The molecule has 0 saturated carbocycles. The van der Waals surface area contributed by atoms with Crippen molar-refractivity contribution in [1.82, 2.24) is 5.32 Å². The molecule has 0 aromatic heterocycles. The number of hydrogen-bond acceptors (Lipinski definition) is 2. The van der Waals surface area contributed by atoms with Crippen LogP contribution in [0.25, 0.3) is 0 Å². The molecule has 1 N–H and O–H groups in total. The van der Waals surface area contributed by atoms with Gasteiger partial charge in [0.25, 0.3) is 0 Å². The van der Waals surface area contributed by atoms with Crippen LogP contribution in [-0.2, 0) is 17.7 Å². The molecule has 0 heterocycles. The van der Waals surface area contributed by atoms with Crippen LogP contribution in [0.1, 0.15) is 5.56 Å². The highest BCUT2D eigenvalue weighted by Crippen LogP contribution is 2.10. The Morgan fingerprint density at radius 3 is 2.83 bits per heavy atom. The van der Waals surface area contributed by atoms with Crippen molar-refractivity contribution in [3.05, 3.63) is 29.8 Å². The molecule has 0 bridgehead atoms. The SMILES string of the molecule is CNCc1cccc([S+](C)[O-])c1. The van der Waals surface area contributed by atoms with Crippen molar-refractivity contribution in [1.29, 1.82) is 0 Å². The number of rotatable bonds is 3. The Morgan fingerprint density at radius 2 is 2.25 bits per heavy atom. The van der Waals surface area contributed by atoms with Gasteiger partial charge in [-0.15, -0.1) is 0 Å². The van der Waals surface area contributed by atoms with Crippen LogP contribution in [-0.4, -0.2) is 17.9 Å². The Morgan fingerprint density at radius 1 is 1.50 bits per heavy atom. The second kappa shape index (κ2) is 4.50. The van der Waals surface area contributed by atoms with Crippen LogP contribution in [0.3, 0.4) is 0 Å². The van der Waals surface area contributed by atoms with Crippen LogP contribution >= 0.6 is 0 Å². The van der Waals surface area contributed by atoms with Gasteiger partial charge < -0.3 is 9.87 Å². The van der Waals surface area contributed by atoms with Crippen LogP contribution in [0, 0.1) is 0 Å². The summed E-state index contributed by atoms with van der Waals surface area (Å²) in [5.74, 6) is 0. The van der Waals surface area contributed by atoms with Crippen LogP contribution < -0.4 is 5.32 Å². The van der Waals surface area contributed by atoms with Gasteiger partial charge in [0.2, 0.25) is 0 Å². The van der Waals surface area contributed by atoms with E-state index in [1.54, 1.807) is 6.26 Å². The molecule has 0 aliphatic heterocycles. The fraction of sp³-hybridized carbons (Fsp3) is 0.333. The summed E-state index contributed by atoms with van der Waals surface area (Å²) in [6.07, 6.45) is 1.69. The topological polar surface area (TPSA) is 35.1 Å². The summed E-state index contributed by atoms with van der Waals surface area (Å²) in [6, 6.07) is 7.80. The highest BCUT2D eigenvalue weighted by Gasteiger charge is 2.03. The molecule has 0 aliphatic rings. The maximum Gasteiger partial charge on any atom is 0.152 e. The molecule has 1 rings (SSSR count). The quantitative estimate of drug-likeness (QED) is 0.713. The van der Waals surface area contributed by atoms with Crippen molar-refractivity contribution in [2.45, 2.75) is 11.4 Å². The van der Waals surface area contributed by atoms with Crippen LogP contribution in [0.5, 0.6) is 0 Å². The molecule has 66 valence electrons. The number of hydrogen-bond donors (Lipinski definition) is 1. The molecule has 0 saturated heterocycles. The lowest BCUT2D eigenvalue weighted by Gasteiger charge is -2.05. The van der Waals surface area contributed by atoms with E-state index < -0.39 is 11.2 Å². The van der Waals surface area contributed by atoms with Crippen LogP contribution in [0.15, 0.2) is 29.2 Å². The van der Waals surface area contributed by atoms with Crippen molar-refractivity contribution in [3.63, 3.8) is 0 Å². The van der Waals surface area contributed by atoms with Crippen molar-refractivity contribution in [2.75, 3.05) is 13.3 Å². The van der Waals surface area contributed by atoms with Gasteiger partial charge in [-0.1, -0.05) is 12.1 Å². The Hall–Kier alpha value is -0.510. The van der Waals surface area contributed by atoms with Crippen LogP contribution in [0.2, 0.25) is 0 Å². The summed E-state index contributed by atoms with van der Waals surface area (Å²) in [4.78, 5) is 0.891. The Bertz CT molecular complexity index is 250. The van der Waals surface area contributed by atoms with E-state index in [4.69, 9.17) is 0 Å². The average molecular weight is 183 g/mol. The van der Waals surface area contributed by atoms with E-state index in [2.05, 4.69) is 5.32 Å². The standard InChI is InChI=1S/C9H13NOS/c1-10-7-8-4-3-5-9(6-8)12(2)11/h3-6,10H,7H2,1-2H3. The maximum absolute atomic E-state index is 11.1. The van der Waals surface area contributed by atoms with Crippen molar-refractivity contribution < 1.29 is 4.55 Å². The molecule has 3 heteroatoms. The van der Waals surface area contributed by atoms with E-state index in [1.165, 1.54) is 5.56 Å². The van der Waals surface area contributed by atoms with Gasteiger partial charge in [-0.05, 0) is 35.9 Å². The number of nitrogens with one attached hydrogen (secondary N) is 1. The smallest absolute Gasteiger partial charge is 0.152 e. The molecule has 0 aliphatic carbocycles. The Labute approximate surface area is 76.2 Å². The maximum atomic E-state index is 11.1. The van der Waals surface area contributed by atoms with E-state index in [0.29, 0.717) is 0 Å². The van der Waals surface area contributed by atoms with Crippen LogP contribution in [0.4, 0.5) is 0 Å². The largest absolute Gasteiger partial charge is 0.612 e. The minimum Gasteiger partial charge on any atom is -0.612 e. The first-order chi connectivity index (χ1) is 5.74. The molecule has 1 unspecified atom stereocenters. The normalized spacial score (nSPS) is 12.9. The lowest BCUT2D eigenvalue weighted by Crippen LogP contribution is -2.06. The highest BCUT2D eigenvalue weighted by molar-refractivity contribution is 7.90. The van der Waals surface area contributed by atoms with Gasteiger partial charge in [0.05, 0.1) is 0 Å². The van der Waals surface area contributed by atoms with E-state index >= 15 is 0 Å². The zero-order valence-electron chi connectivity index (χ0n) is 7.33. The molecule has 0 radical (unpaired) electrons. The van der Waals surface area contributed by atoms with Crippen molar-refractivity contribution in [2.24, 2.45) is 0 Å². The molecule has 2 nitrogen and oxygen atoms in total. The Balaban J connectivity index is 2.81. The van der Waals surface area contributed by atoms with Gasteiger partial charge in [0, 0.05) is 6.54 Å². The van der Waals surface area contributed by atoms with Crippen molar-refractivity contribution >= 4 is 11.2 Å². The molecule has 1 aromatic carbocycles. The lowest BCUT2D eigenvalue weighted by atomic mass is 10.2. The predicted molar refractivity (Wildman–Crippen MR) is 51.5 cm³/mol. The van der Waals surface area contributed by atoms with Gasteiger partial charge in [0.1, 0.15) is 6.26 Å². The van der Waals surface area contributed by atoms with E-state index in [9.17, 15) is 4.55 Å². The molecule has 0 fully saturated rings. The first-order valence-corrected chi connectivity index (χ1v) is 5.37. The molecule has 12 heavy (non-hydrogen) atoms. The zero-order valence-corrected chi connectivity index (χ0v) is 8.15. The summed E-state index contributed by atoms with van der Waals surface area (Å²) < 4.78 is 11.1. The van der Waals surface area contributed by atoms with Gasteiger partial charge >= 0.3 is 0 Å². The summed E-state index contributed by atoms with van der Waals surface area (Å²) in [6.45, 7) is 0.824. The Kier molecular flexibility index (Phi) is 3.59. The summed E-state index contributed by atoms with van der Waals surface area (Å²) in [7, 11) is 1.90. The summed E-state index contributed by atoms with van der Waals surface area (Å²) >= 11 is -0.871. The molecule has 0 spiro atoms. The molecule has 1 atom stereocenters. The van der Waals surface area contributed by atoms with E-state index in [0.717, 1.165) is 11.4 Å². The minimum atomic E-state index is -0.871. The predicted octanol–water partition coefficient (Wildman–Crippen LogP) is 1.14. The summed E-state index contributed by atoms with van der Waals surface area (Å²) in [5.41, 5.74) is 1.17. The third-order valence-corrected chi connectivity index (χ3v) is 2.53. The van der Waals surface area contributed by atoms with E-state index in [-0.39, 0.29) is 0 Å². The highest BCUT2D eigenvalue weighted by atomic mass is 32.2. The van der Waals surface area contributed by atoms with Crippen molar-refractivity contribution in [3.8, 4) is 0 Å². The molecule has 0 amide bonds. The minimum absolute atomic E-state index is 0.824. The fourth-order valence-corrected chi connectivity index (χ4v) is 1.63. The molecular formula is C9H13NOS. The third kappa shape index (κ3) is 2.52. The van der Waals surface area contributed by atoms with Gasteiger partial charge in [-0.3, -0.25) is 0 Å². The first kappa shape index (κ1) is 9.58. The molecule has 1 aromatic rings. The zero-order chi connectivity index (χ0) is 8.97. The molecular weight excluding hydrogens is 170 g/mol. The number of benzene rings is 1. The first-order valence-electron chi connectivity index (χ1n) is 3.81. The summed E-state index contributed by atoms with van der Waals surface area (Å²) in [5, 5.41) is 3.05.